The molecule has 0 aliphatic carbocycles. The van der Waals surface area contributed by atoms with Crippen molar-refractivity contribution in [2.45, 2.75) is 20.4 Å². The van der Waals surface area contributed by atoms with Crippen molar-refractivity contribution in [3.8, 4) is 17.0 Å². The van der Waals surface area contributed by atoms with Gasteiger partial charge >= 0.3 is 0 Å². The standard InChI is InChI=1S/C24H29N3O2S/c1-18-5-4-6-21(17-18)25-24-27(12-11-26-13-15-29-16-14-26)23(19(2)30-24)20-7-9-22(28-3)10-8-20/h4-10,17H,11-16H2,1-3H3. The fourth-order valence-electron chi connectivity index (χ4n) is 3.80. The molecule has 6 heteroatoms. The Labute approximate surface area is 182 Å². The van der Waals surface area contributed by atoms with Gasteiger partial charge < -0.3 is 14.0 Å². The van der Waals surface area contributed by atoms with Crippen molar-refractivity contribution in [2.24, 2.45) is 4.99 Å². The molecule has 1 aliphatic rings. The lowest BCUT2D eigenvalue weighted by atomic mass is 10.1. The highest BCUT2D eigenvalue weighted by molar-refractivity contribution is 7.09. The second-order valence-corrected chi connectivity index (χ2v) is 8.76. The van der Waals surface area contributed by atoms with Crippen molar-refractivity contribution in [1.29, 1.82) is 0 Å². The van der Waals surface area contributed by atoms with Gasteiger partial charge in [0.05, 0.1) is 31.7 Å². The van der Waals surface area contributed by atoms with Crippen LogP contribution >= 0.6 is 11.3 Å². The second kappa shape index (κ2) is 9.60. The Bertz CT molecular complexity index is 1050. The summed E-state index contributed by atoms with van der Waals surface area (Å²) in [5.74, 6) is 0.871. The van der Waals surface area contributed by atoms with E-state index >= 15 is 0 Å². The maximum absolute atomic E-state index is 5.51. The number of rotatable bonds is 6. The van der Waals surface area contributed by atoms with Crippen LogP contribution in [0.5, 0.6) is 5.75 Å². The number of hydrogen-bond acceptors (Lipinski definition) is 5. The van der Waals surface area contributed by atoms with Crippen LogP contribution in [0.15, 0.2) is 53.5 Å². The number of benzene rings is 2. The van der Waals surface area contributed by atoms with Gasteiger partial charge in [-0.3, -0.25) is 4.90 Å². The first kappa shape index (κ1) is 20.8. The molecule has 1 saturated heterocycles. The molecule has 158 valence electrons. The van der Waals surface area contributed by atoms with Gasteiger partial charge in [-0.1, -0.05) is 12.1 Å². The molecule has 1 fully saturated rings. The van der Waals surface area contributed by atoms with Gasteiger partial charge in [0.2, 0.25) is 0 Å². The maximum Gasteiger partial charge on any atom is 0.190 e. The molecule has 1 aromatic heterocycles. The molecule has 0 unspecified atom stereocenters. The summed E-state index contributed by atoms with van der Waals surface area (Å²) in [4.78, 5) is 9.80. The lowest BCUT2D eigenvalue weighted by molar-refractivity contribution is 0.0363. The minimum atomic E-state index is 0.819. The number of aromatic nitrogens is 1. The molecule has 1 aliphatic heterocycles. The Kier molecular flexibility index (Phi) is 6.67. The minimum Gasteiger partial charge on any atom is -0.497 e. The zero-order chi connectivity index (χ0) is 20.9. The number of ether oxygens (including phenoxy) is 2. The number of methoxy groups -OCH3 is 1. The van der Waals surface area contributed by atoms with Crippen molar-refractivity contribution < 1.29 is 9.47 Å². The topological polar surface area (TPSA) is 39.0 Å². The first-order valence-electron chi connectivity index (χ1n) is 10.4. The van der Waals surface area contributed by atoms with Crippen LogP contribution in [0.2, 0.25) is 0 Å². The van der Waals surface area contributed by atoms with Crippen molar-refractivity contribution >= 4 is 17.0 Å². The highest BCUT2D eigenvalue weighted by Gasteiger charge is 2.16. The quantitative estimate of drug-likeness (QED) is 0.590. The largest absolute Gasteiger partial charge is 0.497 e. The Hall–Kier alpha value is -2.41. The summed E-state index contributed by atoms with van der Waals surface area (Å²) in [6.45, 7) is 9.80. The summed E-state index contributed by atoms with van der Waals surface area (Å²) in [5.41, 5.74) is 4.65. The van der Waals surface area contributed by atoms with Crippen molar-refractivity contribution in [3.05, 3.63) is 63.8 Å². The highest BCUT2D eigenvalue weighted by atomic mass is 32.1. The van der Waals surface area contributed by atoms with Gasteiger partial charge in [0.15, 0.2) is 4.80 Å². The average molecular weight is 424 g/mol. The molecule has 0 spiro atoms. The Morgan fingerprint density at radius 2 is 1.80 bits per heavy atom. The zero-order valence-corrected chi connectivity index (χ0v) is 18.7. The monoisotopic (exact) mass is 423 g/mol. The van der Waals surface area contributed by atoms with E-state index in [1.54, 1.807) is 18.4 Å². The van der Waals surface area contributed by atoms with Gasteiger partial charge in [-0.15, -0.1) is 11.3 Å². The van der Waals surface area contributed by atoms with Gasteiger partial charge in [-0.05, 0) is 61.4 Å². The summed E-state index contributed by atoms with van der Waals surface area (Å²) >= 11 is 1.75. The van der Waals surface area contributed by atoms with Crippen molar-refractivity contribution in [3.63, 3.8) is 0 Å². The van der Waals surface area contributed by atoms with Crippen LogP contribution in [0.3, 0.4) is 0 Å². The Morgan fingerprint density at radius 1 is 1.03 bits per heavy atom. The van der Waals surface area contributed by atoms with Gasteiger partial charge in [0.25, 0.3) is 0 Å². The van der Waals surface area contributed by atoms with E-state index in [0.29, 0.717) is 0 Å². The van der Waals surface area contributed by atoms with E-state index < -0.39 is 0 Å². The molecular weight excluding hydrogens is 394 g/mol. The molecule has 0 saturated carbocycles. The lowest BCUT2D eigenvalue weighted by Gasteiger charge is -2.27. The number of morpholine rings is 1. The predicted octanol–water partition coefficient (Wildman–Crippen LogP) is 4.41. The molecule has 2 heterocycles. The van der Waals surface area contributed by atoms with E-state index in [1.165, 1.54) is 21.7 Å². The van der Waals surface area contributed by atoms with Crippen LogP contribution in [0, 0.1) is 13.8 Å². The van der Waals surface area contributed by atoms with E-state index in [4.69, 9.17) is 14.5 Å². The van der Waals surface area contributed by atoms with E-state index in [9.17, 15) is 0 Å². The van der Waals surface area contributed by atoms with Crippen LogP contribution in [-0.2, 0) is 11.3 Å². The summed E-state index contributed by atoms with van der Waals surface area (Å²) in [6.07, 6.45) is 0. The smallest absolute Gasteiger partial charge is 0.190 e. The maximum atomic E-state index is 5.51. The lowest BCUT2D eigenvalue weighted by Crippen LogP contribution is -2.39. The number of aryl methyl sites for hydroxylation is 2. The van der Waals surface area contributed by atoms with Crippen LogP contribution in [-0.4, -0.2) is 49.4 Å². The molecular formula is C24H29N3O2S. The molecule has 0 N–H and O–H groups in total. The first-order chi connectivity index (χ1) is 14.6. The van der Waals surface area contributed by atoms with Crippen LogP contribution in [0.4, 0.5) is 5.69 Å². The molecule has 2 aromatic carbocycles. The van der Waals surface area contributed by atoms with E-state index in [2.05, 4.69) is 59.7 Å². The van der Waals surface area contributed by atoms with Gasteiger partial charge in [-0.25, -0.2) is 4.99 Å². The highest BCUT2D eigenvalue weighted by Crippen LogP contribution is 2.28. The summed E-state index contributed by atoms with van der Waals surface area (Å²) in [5, 5.41) is 0. The number of hydrogen-bond donors (Lipinski definition) is 0. The normalized spacial score (nSPS) is 15.5. The Balaban J connectivity index is 1.74. The van der Waals surface area contributed by atoms with Gasteiger partial charge in [-0.2, -0.15) is 0 Å². The van der Waals surface area contributed by atoms with Crippen LogP contribution < -0.4 is 9.54 Å². The molecule has 0 radical (unpaired) electrons. The molecule has 3 aromatic rings. The molecule has 5 nitrogen and oxygen atoms in total. The third kappa shape index (κ3) is 4.83. The van der Waals surface area contributed by atoms with Crippen molar-refractivity contribution in [2.75, 3.05) is 40.0 Å². The summed E-state index contributed by atoms with van der Waals surface area (Å²) in [7, 11) is 1.70. The fourth-order valence-corrected chi connectivity index (χ4v) is 4.84. The first-order valence-corrected chi connectivity index (χ1v) is 11.2. The molecule has 0 amide bonds. The molecule has 0 bridgehead atoms. The predicted molar refractivity (Wildman–Crippen MR) is 123 cm³/mol. The molecule has 4 rings (SSSR count). The second-order valence-electron chi connectivity index (χ2n) is 7.57. The van der Waals surface area contributed by atoms with E-state index in [1.807, 2.05) is 12.1 Å². The SMILES string of the molecule is COc1ccc(-c2c(C)sc(=Nc3cccc(C)c3)n2CCN2CCOCC2)cc1. The van der Waals surface area contributed by atoms with Gasteiger partial charge in [0, 0.05) is 31.1 Å². The fraction of sp³-hybridized carbons (Fsp3) is 0.375. The van der Waals surface area contributed by atoms with Crippen molar-refractivity contribution in [1.82, 2.24) is 9.47 Å². The molecule has 0 atom stereocenters. The zero-order valence-electron chi connectivity index (χ0n) is 17.9. The Morgan fingerprint density at radius 3 is 2.50 bits per heavy atom. The minimum absolute atomic E-state index is 0.819. The third-order valence-corrected chi connectivity index (χ3v) is 6.41. The number of thiazole rings is 1. The summed E-state index contributed by atoms with van der Waals surface area (Å²) < 4.78 is 13.2. The molecule has 30 heavy (non-hydrogen) atoms. The van der Waals surface area contributed by atoms with Gasteiger partial charge in [0.1, 0.15) is 5.75 Å². The third-order valence-electron chi connectivity index (χ3n) is 5.41. The number of nitrogens with zero attached hydrogens (tertiary/aromatic N) is 3. The van der Waals surface area contributed by atoms with E-state index in [0.717, 1.165) is 55.6 Å². The summed E-state index contributed by atoms with van der Waals surface area (Å²) in [6, 6.07) is 16.7. The average Bonchev–Trinajstić information content (AvgIpc) is 3.07. The van der Waals surface area contributed by atoms with Crippen LogP contribution in [0.1, 0.15) is 10.4 Å². The van der Waals surface area contributed by atoms with Crippen LogP contribution in [0.25, 0.3) is 11.3 Å². The van der Waals surface area contributed by atoms with E-state index in [-0.39, 0.29) is 0 Å².